The molecule has 0 bridgehead atoms. The lowest BCUT2D eigenvalue weighted by Gasteiger charge is -2.12. The molecule has 0 radical (unpaired) electrons. The predicted octanol–water partition coefficient (Wildman–Crippen LogP) is 5.37. The summed E-state index contributed by atoms with van der Waals surface area (Å²) in [6.45, 7) is 3.34. The van der Waals surface area contributed by atoms with E-state index in [1.807, 2.05) is 24.3 Å². The van der Waals surface area contributed by atoms with E-state index in [9.17, 15) is 0 Å². The molecule has 0 atom stereocenters. The number of aliphatic imine (C=N–C) groups is 1. The van der Waals surface area contributed by atoms with Gasteiger partial charge in [0.25, 0.3) is 0 Å². The minimum Gasteiger partial charge on any atom is -0.486 e. The Morgan fingerprint density at radius 1 is 1.14 bits per heavy atom. The first-order chi connectivity index (χ1) is 10.6. The minimum absolute atomic E-state index is 0.439. The van der Waals surface area contributed by atoms with Crippen LogP contribution in [0, 0.1) is 6.92 Å². The van der Waals surface area contributed by atoms with E-state index < -0.39 is 0 Å². The largest absolute Gasteiger partial charge is 0.486 e. The van der Waals surface area contributed by atoms with Crippen molar-refractivity contribution >= 4 is 40.0 Å². The number of benzene rings is 2. The van der Waals surface area contributed by atoms with Crippen LogP contribution in [0.2, 0.25) is 10.0 Å². The SMILES string of the molecule is Cc1ccc(COc2c(Cl)cc(C3=NCCS3)cc2Cl)cc1. The molecule has 1 aliphatic rings. The molecule has 1 heterocycles. The fraction of sp³-hybridized carbons (Fsp3) is 0.235. The molecular weight excluding hydrogens is 337 g/mol. The van der Waals surface area contributed by atoms with Gasteiger partial charge < -0.3 is 4.74 Å². The number of thioether (sulfide) groups is 1. The lowest BCUT2D eigenvalue weighted by Crippen LogP contribution is -1.99. The maximum Gasteiger partial charge on any atom is 0.157 e. The van der Waals surface area contributed by atoms with Crippen molar-refractivity contribution in [2.45, 2.75) is 13.5 Å². The van der Waals surface area contributed by atoms with Gasteiger partial charge in [-0.25, -0.2) is 0 Å². The van der Waals surface area contributed by atoms with Gasteiger partial charge in [-0.3, -0.25) is 4.99 Å². The fourth-order valence-electron chi connectivity index (χ4n) is 2.17. The van der Waals surface area contributed by atoms with Crippen molar-refractivity contribution in [1.82, 2.24) is 0 Å². The molecular formula is C17H15Cl2NOS. The molecule has 0 spiro atoms. The van der Waals surface area contributed by atoms with Crippen LogP contribution in [0.4, 0.5) is 0 Å². The van der Waals surface area contributed by atoms with Gasteiger partial charge in [0.15, 0.2) is 5.75 Å². The molecule has 0 saturated heterocycles. The molecule has 114 valence electrons. The van der Waals surface area contributed by atoms with Gasteiger partial charge in [0.05, 0.1) is 15.1 Å². The third-order valence-corrected chi connectivity index (χ3v) is 4.92. The molecule has 2 aromatic carbocycles. The van der Waals surface area contributed by atoms with Gasteiger partial charge in [0.1, 0.15) is 6.61 Å². The van der Waals surface area contributed by atoms with Crippen LogP contribution in [0.25, 0.3) is 0 Å². The van der Waals surface area contributed by atoms with E-state index in [2.05, 4.69) is 24.0 Å². The van der Waals surface area contributed by atoms with Crippen molar-refractivity contribution < 1.29 is 4.74 Å². The number of hydrogen-bond acceptors (Lipinski definition) is 3. The fourth-order valence-corrected chi connectivity index (χ4v) is 3.61. The Labute approximate surface area is 144 Å². The van der Waals surface area contributed by atoms with E-state index >= 15 is 0 Å². The lowest BCUT2D eigenvalue weighted by atomic mass is 10.2. The summed E-state index contributed by atoms with van der Waals surface area (Å²) in [7, 11) is 0. The zero-order chi connectivity index (χ0) is 15.5. The van der Waals surface area contributed by atoms with Gasteiger partial charge in [0.2, 0.25) is 0 Å². The van der Waals surface area contributed by atoms with Gasteiger partial charge in [-0.05, 0) is 24.6 Å². The summed E-state index contributed by atoms with van der Waals surface area (Å²) in [4.78, 5) is 4.44. The summed E-state index contributed by atoms with van der Waals surface area (Å²) >= 11 is 14.4. The van der Waals surface area contributed by atoms with Crippen LogP contribution in [-0.2, 0) is 6.61 Å². The molecule has 5 heteroatoms. The van der Waals surface area contributed by atoms with Gasteiger partial charge in [-0.2, -0.15) is 0 Å². The molecule has 0 saturated carbocycles. The second-order valence-electron chi connectivity index (χ2n) is 5.08. The van der Waals surface area contributed by atoms with Crippen molar-refractivity contribution in [2.75, 3.05) is 12.3 Å². The number of hydrogen-bond donors (Lipinski definition) is 0. The van der Waals surface area contributed by atoms with Crippen molar-refractivity contribution in [3.63, 3.8) is 0 Å². The van der Waals surface area contributed by atoms with Crippen molar-refractivity contribution in [3.8, 4) is 5.75 Å². The third-order valence-electron chi connectivity index (χ3n) is 3.33. The number of nitrogens with zero attached hydrogens (tertiary/aromatic N) is 1. The second-order valence-corrected chi connectivity index (χ2v) is 6.98. The summed E-state index contributed by atoms with van der Waals surface area (Å²) in [5.41, 5.74) is 3.26. The van der Waals surface area contributed by atoms with Gasteiger partial charge >= 0.3 is 0 Å². The number of aryl methyl sites for hydroxylation is 1. The van der Waals surface area contributed by atoms with Crippen LogP contribution >= 0.6 is 35.0 Å². The van der Waals surface area contributed by atoms with E-state index in [1.54, 1.807) is 11.8 Å². The van der Waals surface area contributed by atoms with Gasteiger partial charge in [-0.1, -0.05) is 53.0 Å². The monoisotopic (exact) mass is 351 g/mol. The maximum atomic E-state index is 6.33. The first kappa shape index (κ1) is 15.7. The highest BCUT2D eigenvalue weighted by atomic mass is 35.5. The van der Waals surface area contributed by atoms with Gasteiger partial charge in [-0.15, -0.1) is 11.8 Å². The Kier molecular flexibility index (Phi) is 4.97. The van der Waals surface area contributed by atoms with E-state index in [4.69, 9.17) is 27.9 Å². The topological polar surface area (TPSA) is 21.6 Å². The van der Waals surface area contributed by atoms with E-state index in [-0.39, 0.29) is 0 Å². The Hall–Kier alpha value is -1.16. The van der Waals surface area contributed by atoms with Crippen LogP contribution in [0.1, 0.15) is 16.7 Å². The van der Waals surface area contributed by atoms with Crippen LogP contribution in [0.5, 0.6) is 5.75 Å². The van der Waals surface area contributed by atoms with E-state index in [0.717, 1.165) is 28.5 Å². The molecule has 0 fully saturated rings. The number of rotatable bonds is 4. The van der Waals surface area contributed by atoms with Crippen molar-refractivity contribution in [1.29, 1.82) is 0 Å². The summed E-state index contributed by atoms with van der Waals surface area (Å²) < 4.78 is 5.80. The molecule has 0 N–H and O–H groups in total. The lowest BCUT2D eigenvalue weighted by molar-refractivity contribution is 0.306. The number of halogens is 2. The second kappa shape index (κ2) is 6.95. The normalized spacial score (nSPS) is 14.0. The summed E-state index contributed by atoms with van der Waals surface area (Å²) in [5, 5.41) is 2.03. The number of ether oxygens (including phenoxy) is 1. The first-order valence-corrected chi connectivity index (χ1v) is 8.72. The Morgan fingerprint density at radius 3 is 2.41 bits per heavy atom. The van der Waals surface area contributed by atoms with Crippen molar-refractivity contribution in [3.05, 3.63) is 63.1 Å². The van der Waals surface area contributed by atoms with E-state index in [1.165, 1.54) is 5.56 Å². The predicted molar refractivity (Wildman–Crippen MR) is 95.8 cm³/mol. The Bertz CT molecular complexity index is 690. The van der Waals surface area contributed by atoms with Crippen LogP contribution in [0.3, 0.4) is 0 Å². The van der Waals surface area contributed by atoms with Gasteiger partial charge in [0, 0.05) is 17.9 Å². The highest BCUT2D eigenvalue weighted by molar-refractivity contribution is 8.14. The summed E-state index contributed by atoms with van der Waals surface area (Å²) in [6, 6.07) is 11.9. The molecule has 0 amide bonds. The molecule has 0 aliphatic carbocycles. The zero-order valence-corrected chi connectivity index (χ0v) is 14.4. The highest BCUT2D eigenvalue weighted by Gasteiger charge is 2.15. The minimum atomic E-state index is 0.439. The zero-order valence-electron chi connectivity index (χ0n) is 12.1. The molecule has 1 aliphatic heterocycles. The average molecular weight is 352 g/mol. The molecule has 2 nitrogen and oxygen atoms in total. The molecule has 2 aromatic rings. The van der Waals surface area contributed by atoms with Crippen LogP contribution < -0.4 is 4.74 Å². The Morgan fingerprint density at radius 2 is 1.82 bits per heavy atom. The van der Waals surface area contributed by atoms with Crippen LogP contribution in [-0.4, -0.2) is 17.3 Å². The maximum absolute atomic E-state index is 6.33. The quantitative estimate of drug-likeness (QED) is 0.737. The molecule has 0 unspecified atom stereocenters. The summed E-state index contributed by atoms with van der Waals surface area (Å²) in [6.07, 6.45) is 0. The standard InChI is InChI=1S/C17H15Cl2NOS/c1-11-2-4-12(5-3-11)10-21-16-14(18)8-13(9-15(16)19)17-20-6-7-22-17/h2-5,8-9H,6-7,10H2,1H3. The first-order valence-electron chi connectivity index (χ1n) is 6.98. The molecule has 22 heavy (non-hydrogen) atoms. The Balaban J connectivity index is 1.77. The molecule has 3 rings (SSSR count). The average Bonchev–Trinajstić information content (AvgIpc) is 3.02. The highest BCUT2D eigenvalue weighted by Crippen LogP contribution is 2.36. The van der Waals surface area contributed by atoms with E-state index in [0.29, 0.717) is 22.4 Å². The van der Waals surface area contributed by atoms with Crippen molar-refractivity contribution in [2.24, 2.45) is 4.99 Å². The van der Waals surface area contributed by atoms with Crippen LogP contribution in [0.15, 0.2) is 41.4 Å². The third kappa shape index (κ3) is 3.60. The summed E-state index contributed by atoms with van der Waals surface area (Å²) in [5.74, 6) is 1.53. The molecule has 0 aromatic heterocycles. The smallest absolute Gasteiger partial charge is 0.157 e.